The Labute approximate surface area is 154 Å². The predicted octanol–water partition coefficient (Wildman–Crippen LogP) is 3.86. The van der Waals surface area contributed by atoms with Crippen LogP contribution in [0.15, 0.2) is 42.5 Å². The molecule has 2 aromatic rings. The van der Waals surface area contributed by atoms with E-state index < -0.39 is 4.92 Å². The highest BCUT2D eigenvalue weighted by Gasteiger charge is 2.26. The van der Waals surface area contributed by atoms with Gasteiger partial charge in [0.1, 0.15) is 5.69 Å². The Hall–Kier alpha value is -2.31. The zero-order valence-corrected chi connectivity index (χ0v) is 14.7. The van der Waals surface area contributed by atoms with Crippen LogP contribution in [0.3, 0.4) is 0 Å². The van der Waals surface area contributed by atoms with Crippen LogP contribution in [0, 0.1) is 10.1 Å². The van der Waals surface area contributed by atoms with Crippen LogP contribution in [0.2, 0.25) is 10.0 Å². The van der Waals surface area contributed by atoms with Crippen molar-refractivity contribution in [1.29, 1.82) is 0 Å². The molecule has 0 N–H and O–H groups in total. The molecule has 25 heavy (non-hydrogen) atoms. The second-order valence-electron chi connectivity index (χ2n) is 5.65. The fourth-order valence-electron chi connectivity index (χ4n) is 2.87. The number of nitrogens with zero attached hydrogens (tertiary/aromatic N) is 3. The molecule has 6 nitrogen and oxygen atoms in total. The van der Waals surface area contributed by atoms with Crippen molar-refractivity contribution in [1.82, 2.24) is 4.90 Å². The summed E-state index contributed by atoms with van der Waals surface area (Å²) in [6.45, 7) is 1.92. The average molecular weight is 380 g/mol. The number of carbonyl (C=O) groups excluding carboxylic acids is 1. The van der Waals surface area contributed by atoms with Crippen LogP contribution in [0.1, 0.15) is 10.4 Å². The number of benzene rings is 2. The van der Waals surface area contributed by atoms with Gasteiger partial charge in [-0.1, -0.05) is 35.3 Å². The number of halogens is 2. The molecule has 1 aliphatic rings. The minimum Gasteiger partial charge on any atom is -0.362 e. The Morgan fingerprint density at radius 1 is 1.04 bits per heavy atom. The maximum Gasteiger partial charge on any atom is 0.292 e. The fraction of sp³-hybridized carbons (Fsp3) is 0.235. The Balaban J connectivity index is 1.73. The average Bonchev–Trinajstić information content (AvgIpc) is 2.63. The van der Waals surface area contributed by atoms with E-state index in [1.807, 2.05) is 4.90 Å². The summed E-state index contributed by atoms with van der Waals surface area (Å²) in [7, 11) is 0. The van der Waals surface area contributed by atoms with Gasteiger partial charge in [-0.05, 0) is 24.3 Å². The summed E-state index contributed by atoms with van der Waals surface area (Å²) in [5.41, 5.74) is 1.01. The van der Waals surface area contributed by atoms with Crippen LogP contribution >= 0.6 is 23.2 Å². The standard InChI is InChI=1S/C17H15Cl2N3O3/c18-12-5-6-14(19)13(11-12)17(23)21-9-7-20(8-10-21)15-3-1-2-4-16(15)22(24)25/h1-6,11H,7-10H2. The number of nitro benzene ring substituents is 1. The number of hydrogen-bond donors (Lipinski definition) is 0. The maximum atomic E-state index is 12.6. The first-order valence-electron chi connectivity index (χ1n) is 7.70. The molecule has 0 atom stereocenters. The number of piperazine rings is 1. The fourth-order valence-corrected chi connectivity index (χ4v) is 3.24. The van der Waals surface area contributed by atoms with Crippen LogP contribution in [0.25, 0.3) is 0 Å². The van der Waals surface area contributed by atoms with Crippen molar-refractivity contribution in [3.8, 4) is 0 Å². The van der Waals surface area contributed by atoms with E-state index in [9.17, 15) is 14.9 Å². The molecule has 0 aromatic heterocycles. The van der Waals surface area contributed by atoms with Crippen molar-refractivity contribution in [2.45, 2.75) is 0 Å². The lowest BCUT2D eigenvalue weighted by Crippen LogP contribution is -2.49. The summed E-state index contributed by atoms with van der Waals surface area (Å²) in [6.07, 6.45) is 0. The third-order valence-corrected chi connectivity index (χ3v) is 4.71. The van der Waals surface area contributed by atoms with Crippen molar-refractivity contribution in [2.24, 2.45) is 0 Å². The van der Waals surface area contributed by atoms with E-state index >= 15 is 0 Å². The second-order valence-corrected chi connectivity index (χ2v) is 6.49. The lowest BCUT2D eigenvalue weighted by molar-refractivity contribution is -0.384. The monoisotopic (exact) mass is 379 g/mol. The van der Waals surface area contributed by atoms with E-state index in [0.29, 0.717) is 47.5 Å². The molecule has 130 valence electrons. The van der Waals surface area contributed by atoms with E-state index in [1.54, 1.807) is 41.3 Å². The molecule has 3 rings (SSSR count). The number of amides is 1. The van der Waals surface area contributed by atoms with Gasteiger partial charge in [0.25, 0.3) is 11.6 Å². The summed E-state index contributed by atoms with van der Waals surface area (Å²) < 4.78 is 0. The van der Waals surface area contributed by atoms with E-state index in [0.717, 1.165) is 0 Å². The van der Waals surface area contributed by atoms with Gasteiger partial charge in [0.05, 0.1) is 15.5 Å². The van der Waals surface area contributed by atoms with Gasteiger partial charge < -0.3 is 9.80 Å². The topological polar surface area (TPSA) is 66.7 Å². The number of anilines is 1. The van der Waals surface area contributed by atoms with Crippen molar-refractivity contribution in [3.05, 3.63) is 68.2 Å². The van der Waals surface area contributed by atoms with Gasteiger partial charge in [-0.15, -0.1) is 0 Å². The molecule has 0 unspecified atom stereocenters. The lowest BCUT2D eigenvalue weighted by atomic mass is 10.1. The Bertz CT molecular complexity index is 821. The maximum absolute atomic E-state index is 12.6. The summed E-state index contributed by atoms with van der Waals surface area (Å²) in [5, 5.41) is 12.0. The molecular weight excluding hydrogens is 365 g/mol. The van der Waals surface area contributed by atoms with Crippen LogP contribution < -0.4 is 4.90 Å². The van der Waals surface area contributed by atoms with Crippen molar-refractivity contribution < 1.29 is 9.72 Å². The molecule has 0 spiro atoms. The van der Waals surface area contributed by atoms with Crippen LogP contribution in [-0.2, 0) is 0 Å². The molecule has 2 aromatic carbocycles. The van der Waals surface area contributed by atoms with Crippen molar-refractivity contribution >= 4 is 40.5 Å². The highest BCUT2D eigenvalue weighted by Crippen LogP contribution is 2.29. The van der Waals surface area contributed by atoms with Crippen LogP contribution in [0.5, 0.6) is 0 Å². The number of para-hydroxylation sites is 2. The molecule has 1 amide bonds. The molecule has 1 saturated heterocycles. The van der Waals surface area contributed by atoms with Gasteiger partial charge >= 0.3 is 0 Å². The zero-order valence-electron chi connectivity index (χ0n) is 13.2. The predicted molar refractivity (Wildman–Crippen MR) is 97.7 cm³/mol. The summed E-state index contributed by atoms with van der Waals surface area (Å²) in [6, 6.07) is 11.4. The van der Waals surface area contributed by atoms with Crippen molar-refractivity contribution in [3.63, 3.8) is 0 Å². The molecule has 0 aliphatic carbocycles. The minimum atomic E-state index is -0.390. The normalized spacial score (nSPS) is 14.5. The summed E-state index contributed by atoms with van der Waals surface area (Å²) >= 11 is 12.0. The van der Waals surface area contributed by atoms with E-state index in [1.165, 1.54) is 6.07 Å². The Kier molecular flexibility index (Phi) is 5.11. The number of hydrogen-bond acceptors (Lipinski definition) is 4. The van der Waals surface area contributed by atoms with Gasteiger partial charge in [-0.3, -0.25) is 14.9 Å². The highest BCUT2D eigenvalue weighted by molar-refractivity contribution is 6.35. The number of rotatable bonds is 3. The molecule has 8 heteroatoms. The molecule has 1 aliphatic heterocycles. The Morgan fingerprint density at radius 3 is 2.40 bits per heavy atom. The molecule has 0 saturated carbocycles. The SMILES string of the molecule is O=C(c1cc(Cl)ccc1Cl)N1CCN(c2ccccc2[N+](=O)[O-])CC1. The minimum absolute atomic E-state index is 0.0696. The number of nitro groups is 1. The third kappa shape index (κ3) is 3.70. The molecular formula is C17H15Cl2N3O3. The summed E-state index contributed by atoms with van der Waals surface area (Å²) in [4.78, 5) is 27.0. The van der Waals surface area contributed by atoms with Crippen LogP contribution in [0.4, 0.5) is 11.4 Å². The molecule has 0 radical (unpaired) electrons. The first-order valence-corrected chi connectivity index (χ1v) is 8.45. The lowest BCUT2D eigenvalue weighted by Gasteiger charge is -2.36. The van der Waals surface area contributed by atoms with Gasteiger partial charge in [0.2, 0.25) is 0 Å². The first kappa shape index (κ1) is 17.5. The van der Waals surface area contributed by atoms with Gasteiger partial charge in [-0.25, -0.2) is 0 Å². The zero-order chi connectivity index (χ0) is 18.0. The van der Waals surface area contributed by atoms with Crippen molar-refractivity contribution in [2.75, 3.05) is 31.1 Å². The third-order valence-electron chi connectivity index (χ3n) is 4.14. The molecule has 1 fully saturated rings. The second kappa shape index (κ2) is 7.29. The first-order chi connectivity index (χ1) is 12.0. The highest BCUT2D eigenvalue weighted by atomic mass is 35.5. The van der Waals surface area contributed by atoms with E-state index in [4.69, 9.17) is 23.2 Å². The van der Waals surface area contributed by atoms with Crippen LogP contribution in [-0.4, -0.2) is 41.9 Å². The summed E-state index contributed by atoms with van der Waals surface area (Å²) in [5.74, 6) is -0.185. The largest absolute Gasteiger partial charge is 0.362 e. The number of carbonyl (C=O) groups is 1. The molecule has 1 heterocycles. The van der Waals surface area contributed by atoms with E-state index in [2.05, 4.69) is 0 Å². The van der Waals surface area contributed by atoms with Gasteiger partial charge in [-0.2, -0.15) is 0 Å². The molecule has 0 bridgehead atoms. The smallest absolute Gasteiger partial charge is 0.292 e. The quantitative estimate of drug-likeness (QED) is 0.599. The van der Waals surface area contributed by atoms with Gasteiger partial charge in [0, 0.05) is 37.3 Å². The van der Waals surface area contributed by atoms with E-state index in [-0.39, 0.29) is 11.6 Å². The Morgan fingerprint density at radius 2 is 1.72 bits per heavy atom. The van der Waals surface area contributed by atoms with Gasteiger partial charge in [0.15, 0.2) is 0 Å².